The Balaban J connectivity index is 0.000000232. The van der Waals surface area contributed by atoms with Crippen molar-refractivity contribution in [1.29, 1.82) is 0 Å². The van der Waals surface area contributed by atoms with Gasteiger partial charge in [-0.05, 0) is 540 Å². The zero-order chi connectivity index (χ0) is 105. The molecule has 0 N–H and O–H groups in total. The van der Waals surface area contributed by atoms with Crippen molar-refractivity contribution in [1.82, 2.24) is 0 Å². The number of alkyl halides is 4. The minimum atomic E-state index is -6.12. The fourth-order valence-corrected chi connectivity index (χ4v) is 26.5. The van der Waals surface area contributed by atoms with Crippen molar-refractivity contribution >= 4 is 518 Å². The lowest BCUT2D eigenvalue weighted by atomic mass is 9.85. The molecule has 0 heterocycles. The molecule has 10 aromatic rings. The predicted octanol–water partition coefficient (Wildman–Crippen LogP) is 21.6. The van der Waals surface area contributed by atoms with Gasteiger partial charge in [0.2, 0.25) is 0 Å². The molecule has 32 nitrogen and oxygen atoms in total. The quantitative estimate of drug-likeness (QED) is 0.00836. The van der Waals surface area contributed by atoms with E-state index in [1.165, 1.54) is 30.3 Å². The topological polar surface area (TPSA) is 492 Å². The number of fused-ring (bicyclic) bond motifs is 1. The monoisotopic (exact) mass is 4030 g/mol. The predicted molar refractivity (Wildman–Crippen MR) is 640 cm³/mol. The van der Waals surface area contributed by atoms with Crippen LogP contribution in [0.1, 0.15) is 112 Å². The van der Waals surface area contributed by atoms with Gasteiger partial charge < -0.3 is 65.6 Å². The van der Waals surface area contributed by atoms with Crippen LogP contribution in [0.3, 0.4) is 0 Å². The number of carbonyl (C=O) groups is 10. The lowest BCUT2D eigenvalue weighted by Crippen LogP contribution is -2.41. The molecule has 748 valence electrons. The van der Waals surface area contributed by atoms with Gasteiger partial charge in [0.1, 0.15) is 48.4 Å². The molecule has 0 saturated heterocycles. The summed E-state index contributed by atoms with van der Waals surface area (Å²) in [6.07, 6.45) is -2.26. The Morgan fingerprint density at radius 3 is 0.979 bits per heavy atom. The Hall–Kier alpha value is -0.340. The first-order valence-electron chi connectivity index (χ1n) is 37.1. The number of ether oxygens (including phenoxy) is 10. The average molecular weight is 4030 g/mol. The van der Waals surface area contributed by atoms with Crippen molar-refractivity contribution in [3.05, 3.63) is 266 Å². The van der Waals surface area contributed by atoms with E-state index in [9.17, 15) is 117 Å². The molecule has 0 bridgehead atoms. The molecule has 0 aliphatic heterocycles. The minimum Gasteiger partial charge on any atom is -0.748 e. The van der Waals surface area contributed by atoms with Crippen molar-refractivity contribution in [2.45, 2.75) is 42.0 Å². The molecule has 10 aromatic carbocycles. The van der Waals surface area contributed by atoms with Gasteiger partial charge in [0.05, 0.1) is 87.7 Å². The SMILES string of the molecule is O=C(OC1CC(OC(=O)c2cc(I)cc(I)c2I)CC(C(=O)OCC(F)(F)S(=O)(=O)[O-])C1)c1cc(I)cc(I)c1I.O=C(OCC(F)(F)S(=O)(=O)[O-])c1cc(OC(=O)c2cc(I)cc(I)c2I)cc(OC(=O)c2cc(I)cc(I)c2I)c1.O=C(OCCS(=O)(=O)[O-])c1cccc(OC(=O)c2cc(I)cc(I)c2I)c1.O=C(Oc1cccc2c(C(=O)OCCS(=O)(=O)[O-])cccc12)c1cc(I)cc(I)c1I. The first-order valence-corrected chi connectivity index (χ1v) is 62.5. The third kappa shape index (κ3) is 37.6. The number of benzene rings is 10. The van der Waals surface area contributed by atoms with Crippen LogP contribution in [-0.4, -0.2) is 172 Å². The molecule has 58 heteroatoms. The van der Waals surface area contributed by atoms with E-state index < -0.39 is 172 Å². The Kier molecular flexibility index (Phi) is 49.5. The molecule has 0 radical (unpaired) electrons. The third-order valence-corrected chi connectivity index (χ3v) is 42.6. The molecule has 140 heavy (non-hydrogen) atoms. The molecule has 1 saturated carbocycles. The highest BCUT2D eigenvalue weighted by atomic mass is 127. The summed E-state index contributed by atoms with van der Waals surface area (Å²) in [5.41, 5.74) is 1.48. The maximum atomic E-state index is 13.6. The number of halogens is 22. The van der Waals surface area contributed by atoms with Crippen molar-refractivity contribution < 1.29 is 165 Å². The summed E-state index contributed by atoms with van der Waals surface area (Å²) < 4.78 is 248. The largest absolute Gasteiger partial charge is 0.748 e. The van der Waals surface area contributed by atoms with Crippen LogP contribution in [0.2, 0.25) is 0 Å². The normalized spacial score (nSPS) is 13.7. The molecule has 1 aliphatic carbocycles. The van der Waals surface area contributed by atoms with Gasteiger partial charge in [-0.25, -0.2) is 76.8 Å². The van der Waals surface area contributed by atoms with Crippen LogP contribution in [0, 0.1) is 70.2 Å². The first kappa shape index (κ1) is 125. The van der Waals surface area contributed by atoms with Gasteiger partial charge >= 0.3 is 70.2 Å². The summed E-state index contributed by atoms with van der Waals surface area (Å²) in [6.45, 7) is -5.12. The molecular weight excluding hydrogens is 3990 g/mol. The molecular formula is C82H46F4I18O32S4-4. The van der Waals surface area contributed by atoms with E-state index in [1.807, 2.05) is 217 Å². The highest BCUT2D eigenvalue weighted by Gasteiger charge is 2.44. The van der Waals surface area contributed by atoms with Gasteiger partial charge in [0, 0.05) is 82.1 Å². The zero-order valence-corrected chi connectivity index (χ0v) is 110. The Morgan fingerprint density at radius 1 is 0.307 bits per heavy atom. The van der Waals surface area contributed by atoms with E-state index in [0.717, 1.165) is 68.2 Å². The number of carbonyl (C=O) groups excluding carboxylic acids is 10. The molecule has 0 aromatic heterocycles. The van der Waals surface area contributed by atoms with Crippen LogP contribution >= 0.6 is 407 Å². The fourth-order valence-electron chi connectivity index (χ4n) is 11.2. The Labute approximate surface area is 1040 Å². The lowest BCUT2D eigenvalue weighted by molar-refractivity contribution is -0.159. The molecule has 1 fully saturated rings. The smallest absolute Gasteiger partial charge is 0.367 e. The maximum Gasteiger partial charge on any atom is 0.367 e. The van der Waals surface area contributed by atoms with Crippen molar-refractivity contribution in [2.75, 3.05) is 37.9 Å². The third-order valence-electron chi connectivity index (χ3n) is 17.5. The average Bonchev–Trinajstić information content (AvgIpc) is 0.838. The first-order chi connectivity index (χ1) is 64.9. The van der Waals surface area contributed by atoms with Gasteiger partial charge in [-0.15, -0.1) is 0 Å². The van der Waals surface area contributed by atoms with E-state index in [-0.39, 0.29) is 75.6 Å². The van der Waals surface area contributed by atoms with Crippen LogP contribution in [-0.2, 0) is 73.7 Å². The van der Waals surface area contributed by atoms with Crippen molar-refractivity contribution in [3.8, 4) is 23.0 Å². The summed E-state index contributed by atoms with van der Waals surface area (Å²) in [5, 5.41) is -8.74. The standard InChI is InChI=1S/C23H16F2I6O9S.C23H10F2I6O9S.C20H13I3O7S.C16H11I3O7S/c2*24-23(25,41(35,36)37)8-38-20(32)9-1-12(39-21(33)14-3-10(26)5-16(28)18(14)30)7-13(2-9)40-22(34)15-4-11(27)6-17(29)19(15)31;21-11-9-15(18(23)16(22)10-11)20(25)30-17-6-2-3-12-13(17)4-1-5-14(12)19(24)29-7-8-31(26,27)28;17-10-7-12(14(19)13(18)8-10)16(21)26-11-3-1-2-9(6-11)15(20)25-4-5-27(22,23)24/h3-6,9,12-13H,1-2,7-8H2,(H,35,36,37);1-7H,8H2,(H,35,36,37);1-6,9-10H,7-8H2,(H,26,27,28);1-3,6-8H,4-5H2,(H,22,23,24)/p-4. The van der Waals surface area contributed by atoms with E-state index in [1.54, 1.807) is 66.7 Å². The van der Waals surface area contributed by atoms with Gasteiger partial charge in [0.15, 0.2) is 33.5 Å². The van der Waals surface area contributed by atoms with E-state index in [2.05, 4.69) is 235 Å². The minimum absolute atomic E-state index is 0.0154. The molecule has 2 atom stereocenters. The van der Waals surface area contributed by atoms with Gasteiger partial charge in [-0.1, -0.05) is 30.3 Å². The highest BCUT2D eigenvalue weighted by Crippen LogP contribution is 2.39. The second-order valence-corrected chi connectivity index (χ2v) is 54.5. The van der Waals surface area contributed by atoms with Crippen molar-refractivity contribution in [2.24, 2.45) is 5.92 Å². The second-order valence-electron chi connectivity index (χ2n) is 27.6. The molecule has 0 spiro atoms. The number of hydrogen-bond acceptors (Lipinski definition) is 32. The summed E-state index contributed by atoms with van der Waals surface area (Å²) >= 11 is 36.9. The molecule has 1 aliphatic rings. The number of hydrogen-bond donors (Lipinski definition) is 0. The summed E-state index contributed by atoms with van der Waals surface area (Å²) in [7, 11) is -21.1. The van der Waals surface area contributed by atoms with Crippen LogP contribution in [0.5, 0.6) is 23.0 Å². The van der Waals surface area contributed by atoms with Gasteiger partial charge in [-0.3, -0.25) is 4.79 Å². The zero-order valence-electron chi connectivity index (χ0n) is 68.0. The van der Waals surface area contributed by atoms with Crippen LogP contribution in [0.15, 0.2) is 152 Å². The number of rotatable bonds is 28. The molecule has 0 amide bonds. The van der Waals surface area contributed by atoms with Crippen LogP contribution < -0.4 is 18.9 Å². The van der Waals surface area contributed by atoms with E-state index in [4.69, 9.17) is 37.9 Å². The second kappa shape index (κ2) is 55.5. The van der Waals surface area contributed by atoms with Gasteiger partial charge in [-0.2, -0.15) is 17.6 Å². The van der Waals surface area contributed by atoms with Crippen molar-refractivity contribution in [3.63, 3.8) is 0 Å². The summed E-state index contributed by atoms with van der Waals surface area (Å²) in [4.78, 5) is 127. The Morgan fingerprint density at radius 2 is 0.614 bits per heavy atom. The van der Waals surface area contributed by atoms with Crippen LogP contribution in [0.25, 0.3) is 10.8 Å². The maximum absolute atomic E-state index is 13.6. The fraction of sp³-hybridized carbons (Fsp3) is 0.171. The number of esters is 10. The van der Waals surface area contributed by atoms with Gasteiger partial charge in [0.25, 0.3) is 0 Å². The summed E-state index contributed by atoms with van der Waals surface area (Å²) in [5.74, 6) is -11.5. The lowest BCUT2D eigenvalue weighted by Gasteiger charge is -2.33. The van der Waals surface area contributed by atoms with E-state index in [0.29, 0.717) is 36.2 Å². The van der Waals surface area contributed by atoms with Crippen LogP contribution in [0.4, 0.5) is 17.6 Å². The molecule has 2 unspecified atom stereocenters. The highest BCUT2D eigenvalue weighted by molar-refractivity contribution is 14.1. The molecule has 11 rings (SSSR count). The summed E-state index contributed by atoms with van der Waals surface area (Å²) in [6, 6.07) is 39.6. The Bertz CT molecular complexity index is 6930. The van der Waals surface area contributed by atoms with E-state index >= 15 is 0 Å².